The Morgan fingerprint density at radius 3 is 2.75 bits per heavy atom. The summed E-state index contributed by atoms with van der Waals surface area (Å²) in [7, 11) is 3.55. The largest absolute Gasteiger partial charge is 0.491 e. The number of likely N-dealkylation sites (N-methyl/N-ethyl adjacent to an activating group) is 1. The number of para-hydroxylation sites is 1. The van der Waals surface area contributed by atoms with Gasteiger partial charge in [-0.2, -0.15) is 0 Å². The van der Waals surface area contributed by atoms with E-state index in [4.69, 9.17) is 4.74 Å². The van der Waals surface area contributed by atoms with Gasteiger partial charge >= 0.3 is 5.97 Å². The van der Waals surface area contributed by atoms with Crippen molar-refractivity contribution < 1.29 is 19.4 Å². The number of hydrogen-bond acceptors (Lipinski definition) is 4. The zero-order valence-electron chi connectivity index (χ0n) is 11.6. The van der Waals surface area contributed by atoms with Crippen molar-refractivity contribution in [2.45, 2.75) is 6.04 Å². The Morgan fingerprint density at radius 1 is 1.40 bits per heavy atom. The number of amides is 1. The standard InChI is InChI=1S/C14H18N2O4/c1-15(2)9-12(17)16-7-8-20-11-6-4-3-5-10(11)13(16)14(18)19/h3-6,13H,7-9H2,1-2H3,(H,18,19). The number of aliphatic carboxylic acids is 1. The summed E-state index contributed by atoms with van der Waals surface area (Å²) in [5.41, 5.74) is 0.518. The molecular formula is C14H18N2O4. The Morgan fingerprint density at radius 2 is 2.10 bits per heavy atom. The average Bonchev–Trinajstić information content (AvgIpc) is 2.56. The molecule has 0 saturated carbocycles. The topological polar surface area (TPSA) is 70.1 Å². The second kappa shape index (κ2) is 5.92. The Hall–Kier alpha value is -2.08. The molecule has 0 spiro atoms. The van der Waals surface area contributed by atoms with Gasteiger partial charge in [-0.1, -0.05) is 18.2 Å². The van der Waals surface area contributed by atoms with E-state index in [1.54, 1.807) is 43.3 Å². The number of carbonyl (C=O) groups is 2. The van der Waals surface area contributed by atoms with Gasteiger partial charge < -0.3 is 19.6 Å². The lowest BCUT2D eigenvalue weighted by Crippen LogP contribution is -2.43. The lowest BCUT2D eigenvalue weighted by Gasteiger charge is -2.28. The van der Waals surface area contributed by atoms with E-state index in [1.165, 1.54) is 4.90 Å². The van der Waals surface area contributed by atoms with Crippen LogP contribution in [0.15, 0.2) is 24.3 Å². The highest BCUT2D eigenvalue weighted by atomic mass is 16.5. The predicted octanol–water partition coefficient (Wildman–Crippen LogP) is 0.595. The minimum atomic E-state index is -1.05. The van der Waals surface area contributed by atoms with Crippen molar-refractivity contribution in [2.24, 2.45) is 0 Å². The quantitative estimate of drug-likeness (QED) is 0.876. The van der Waals surface area contributed by atoms with Gasteiger partial charge in [-0.25, -0.2) is 4.79 Å². The minimum absolute atomic E-state index is 0.173. The molecule has 0 bridgehead atoms. The SMILES string of the molecule is CN(C)CC(=O)N1CCOc2ccccc2C1C(=O)O. The van der Waals surface area contributed by atoms with Gasteiger partial charge in [-0.3, -0.25) is 4.79 Å². The van der Waals surface area contributed by atoms with Crippen molar-refractivity contribution >= 4 is 11.9 Å². The molecule has 1 aliphatic heterocycles. The summed E-state index contributed by atoms with van der Waals surface area (Å²) < 4.78 is 5.54. The van der Waals surface area contributed by atoms with Gasteiger partial charge in [0.1, 0.15) is 12.4 Å². The van der Waals surface area contributed by atoms with E-state index < -0.39 is 12.0 Å². The third-order valence-corrected chi connectivity index (χ3v) is 3.12. The summed E-state index contributed by atoms with van der Waals surface area (Å²) in [6.07, 6.45) is 0. The number of carboxylic acids is 1. The van der Waals surface area contributed by atoms with Crippen LogP contribution in [-0.2, 0) is 9.59 Å². The van der Waals surface area contributed by atoms with Crippen LogP contribution in [0.2, 0.25) is 0 Å². The van der Waals surface area contributed by atoms with E-state index in [-0.39, 0.29) is 19.0 Å². The van der Waals surface area contributed by atoms with Crippen molar-refractivity contribution in [1.29, 1.82) is 0 Å². The fraction of sp³-hybridized carbons (Fsp3) is 0.429. The molecule has 1 unspecified atom stereocenters. The first-order valence-electron chi connectivity index (χ1n) is 6.39. The smallest absolute Gasteiger partial charge is 0.331 e. The number of hydrogen-bond donors (Lipinski definition) is 1. The molecule has 1 atom stereocenters. The van der Waals surface area contributed by atoms with Crippen molar-refractivity contribution in [2.75, 3.05) is 33.8 Å². The van der Waals surface area contributed by atoms with E-state index >= 15 is 0 Å². The third-order valence-electron chi connectivity index (χ3n) is 3.12. The van der Waals surface area contributed by atoms with Crippen LogP contribution in [0.3, 0.4) is 0 Å². The van der Waals surface area contributed by atoms with Crippen molar-refractivity contribution in [3.8, 4) is 5.75 Å². The monoisotopic (exact) mass is 278 g/mol. The summed E-state index contributed by atoms with van der Waals surface area (Å²) in [5.74, 6) is -0.738. The number of fused-ring (bicyclic) bond motifs is 1. The maximum absolute atomic E-state index is 12.3. The first-order chi connectivity index (χ1) is 9.50. The number of nitrogens with zero attached hydrogens (tertiary/aromatic N) is 2. The number of ether oxygens (including phenoxy) is 1. The van der Waals surface area contributed by atoms with E-state index in [0.29, 0.717) is 17.9 Å². The van der Waals surface area contributed by atoms with Crippen LogP contribution in [0.1, 0.15) is 11.6 Å². The van der Waals surface area contributed by atoms with Gasteiger partial charge in [-0.15, -0.1) is 0 Å². The van der Waals surface area contributed by atoms with Crippen LogP contribution >= 0.6 is 0 Å². The van der Waals surface area contributed by atoms with Gasteiger partial charge in [0.2, 0.25) is 5.91 Å². The zero-order valence-corrected chi connectivity index (χ0v) is 11.6. The second-order valence-corrected chi connectivity index (χ2v) is 4.95. The molecule has 0 fully saturated rings. The first kappa shape index (κ1) is 14.3. The fourth-order valence-electron chi connectivity index (χ4n) is 2.29. The van der Waals surface area contributed by atoms with Gasteiger partial charge in [0.25, 0.3) is 0 Å². The molecule has 1 heterocycles. The third kappa shape index (κ3) is 2.91. The number of carbonyl (C=O) groups excluding carboxylic acids is 1. The number of benzene rings is 1. The molecule has 1 aromatic rings. The molecule has 1 amide bonds. The Kier molecular flexibility index (Phi) is 4.24. The van der Waals surface area contributed by atoms with Crippen LogP contribution in [0.5, 0.6) is 5.75 Å². The molecular weight excluding hydrogens is 260 g/mol. The predicted molar refractivity (Wildman–Crippen MR) is 72.6 cm³/mol. The highest BCUT2D eigenvalue weighted by Crippen LogP contribution is 2.32. The summed E-state index contributed by atoms with van der Waals surface area (Å²) in [4.78, 5) is 26.9. The number of carboxylic acid groups (broad SMARTS) is 1. The number of rotatable bonds is 3. The molecule has 1 aromatic carbocycles. The molecule has 0 aliphatic carbocycles. The highest BCUT2D eigenvalue weighted by molar-refractivity contribution is 5.86. The summed E-state index contributed by atoms with van der Waals surface area (Å²) in [6, 6.07) is 5.95. The van der Waals surface area contributed by atoms with Crippen molar-refractivity contribution in [1.82, 2.24) is 9.80 Å². The summed E-state index contributed by atoms with van der Waals surface area (Å²) in [6.45, 7) is 0.726. The Labute approximate surface area is 117 Å². The van der Waals surface area contributed by atoms with E-state index in [9.17, 15) is 14.7 Å². The fourth-order valence-corrected chi connectivity index (χ4v) is 2.29. The highest BCUT2D eigenvalue weighted by Gasteiger charge is 2.35. The molecule has 0 aromatic heterocycles. The van der Waals surface area contributed by atoms with Crippen LogP contribution in [-0.4, -0.2) is 60.6 Å². The lowest BCUT2D eigenvalue weighted by molar-refractivity contribution is -0.150. The van der Waals surface area contributed by atoms with Crippen molar-refractivity contribution in [3.05, 3.63) is 29.8 Å². The van der Waals surface area contributed by atoms with Gasteiger partial charge in [0, 0.05) is 5.56 Å². The van der Waals surface area contributed by atoms with Gasteiger partial charge in [0.15, 0.2) is 6.04 Å². The van der Waals surface area contributed by atoms with E-state index in [0.717, 1.165) is 0 Å². The molecule has 1 N–H and O–H groups in total. The maximum atomic E-state index is 12.3. The van der Waals surface area contributed by atoms with E-state index in [2.05, 4.69) is 0 Å². The molecule has 0 radical (unpaired) electrons. The molecule has 108 valence electrons. The molecule has 6 heteroatoms. The first-order valence-corrected chi connectivity index (χ1v) is 6.39. The van der Waals surface area contributed by atoms with Crippen LogP contribution < -0.4 is 4.74 Å². The second-order valence-electron chi connectivity index (χ2n) is 4.95. The molecule has 6 nitrogen and oxygen atoms in total. The van der Waals surface area contributed by atoms with Crippen molar-refractivity contribution in [3.63, 3.8) is 0 Å². The van der Waals surface area contributed by atoms with Crippen LogP contribution in [0.25, 0.3) is 0 Å². The van der Waals surface area contributed by atoms with Gasteiger partial charge in [0.05, 0.1) is 13.1 Å². The van der Waals surface area contributed by atoms with Crippen LogP contribution in [0, 0.1) is 0 Å². The maximum Gasteiger partial charge on any atom is 0.331 e. The van der Waals surface area contributed by atoms with E-state index in [1.807, 2.05) is 0 Å². The average molecular weight is 278 g/mol. The Balaban J connectivity index is 2.37. The molecule has 20 heavy (non-hydrogen) atoms. The molecule has 1 aliphatic rings. The molecule has 2 rings (SSSR count). The van der Waals surface area contributed by atoms with Gasteiger partial charge in [-0.05, 0) is 20.2 Å². The summed E-state index contributed by atoms with van der Waals surface area (Å²) >= 11 is 0. The summed E-state index contributed by atoms with van der Waals surface area (Å²) in [5, 5.41) is 9.50. The molecule has 0 saturated heterocycles. The normalized spacial score (nSPS) is 18.1. The minimum Gasteiger partial charge on any atom is -0.491 e. The Bertz CT molecular complexity index is 516. The zero-order chi connectivity index (χ0) is 14.7. The van der Waals surface area contributed by atoms with Crippen LogP contribution in [0.4, 0.5) is 0 Å². The lowest BCUT2D eigenvalue weighted by atomic mass is 10.0.